The van der Waals surface area contributed by atoms with E-state index >= 15 is 0 Å². The minimum Gasteiger partial charge on any atom is -0.484 e. The summed E-state index contributed by atoms with van der Waals surface area (Å²) in [6.07, 6.45) is 0.634. The van der Waals surface area contributed by atoms with E-state index in [4.69, 9.17) is 15.2 Å². The SMILES string of the molecule is COc1cccc(COc2ccc(CC(C)N)cc2F)n1. The van der Waals surface area contributed by atoms with Crippen LogP contribution in [0.3, 0.4) is 0 Å². The van der Waals surface area contributed by atoms with Crippen molar-refractivity contribution in [3.8, 4) is 11.6 Å². The van der Waals surface area contributed by atoms with Crippen molar-refractivity contribution in [1.29, 1.82) is 0 Å². The first-order valence-electron chi connectivity index (χ1n) is 6.75. The molecule has 2 rings (SSSR count). The van der Waals surface area contributed by atoms with Gasteiger partial charge in [-0.1, -0.05) is 12.1 Å². The van der Waals surface area contributed by atoms with Crippen LogP contribution in [0.5, 0.6) is 11.6 Å². The predicted molar refractivity (Wildman–Crippen MR) is 78.9 cm³/mol. The number of nitrogens with zero attached hydrogens (tertiary/aromatic N) is 1. The van der Waals surface area contributed by atoms with E-state index in [0.29, 0.717) is 18.0 Å². The average Bonchev–Trinajstić information content (AvgIpc) is 2.46. The molecule has 0 aliphatic carbocycles. The molecule has 1 heterocycles. The molecule has 112 valence electrons. The fourth-order valence-electron chi connectivity index (χ4n) is 1.96. The van der Waals surface area contributed by atoms with Gasteiger partial charge in [0.15, 0.2) is 11.6 Å². The maximum atomic E-state index is 13.9. The van der Waals surface area contributed by atoms with Crippen LogP contribution < -0.4 is 15.2 Å². The van der Waals surface area contributed by atoms with Crippen LogP contribution >= 0.6 is 0 Å². The summed E-state index contributed by atoms with van der Waals surface area (Å²) in [5.74, 6) is 0.313. The van der Waals surface area contributed by atoms with Crippen molar-refractivity contribution in [3.63, 3.8) is 0 Å². The van der Waals surface area contributed by atoms with Crippen LogP contribution in [0, 0.1) is 5.82 Å². The molecule has 2 N–H and O–H groups in total. The molecular weight excluding hydrogens is 271 g/mol. The lowest BCUT2D eigenvalue weighted by Gasteiger charge is -2.10. The molecule has 21 heavy (non-hydrogen) atoms. The Morgan fingerprint density at radius 2 is 2.10 bits per heavy atom. The van der Waals surface area contributed by atoms with Gasteiger partial charge in [-0.2, -0.15) is 0 Å². The number of benzene rings is 1. The monoisotopic (exact) mass is 290 g/mol. The lowest BCUT2D eigenvalue weighted by Crippen LogP contribution is -2.17. The molecule has 0 radical (unpaired) electrons. The van der Waals surface area contributed by atoms with Crippen molar-refractivity contribution >= 4 is 0 Å². The van der Waals surface area contributed by atoms with Gasteiger partial charge < -0.3 is 15.2 Å². The largest absolute Gasteiger partial charge is 0.484 e. The fourth-order valence-corrected chi connectivity index (χ4v) is 1.96. The number of aromatic nitrogens is 1. The molecule has 1 atom stereocenters. The van der Waals surface area contributed by atoms with Gasteiger partial charge in [-0.3, -0.25) is 0 Å². The summed E-state index contributed by atoms with van der Waals surface area (Å²) in [5, 5.41) is 0. The third kappa shape index (κ3) is 4.43. The summed E-state index contributed by atoms with van der Waals surface area (Å²) in [5.41, 5.74) is 7.23. The van der Waals surface area contributed by atoms with E-state index in [-0.39, 0.29) is 18.4 Å². The van der Waals surface area contributed by atoms with Gasteiger partial charge in [0.2, 0.25) is 5.88 Å². The Morgan fingerprint density at radius 1 is 1.29 bits per heavy atom. The number of nitrogens with two attached hydrogens (primary N) is 1. The van der Waals surface area contributed by atoms with Gasteiger partial charge in [-0.15, -0.1) is 0 Å². The van der Waals surface area contributed by atoms with Crippen LogP contribution in [0.1, 0.15) is 18.2 Å². The Kier molecular flexibility index (Phi) is 5.11. The molecule has 5 heteroatoms. The Balaban J connectivity index is 2.02. The maximum Gasteiger partial charge on any atom is 0.213 e. The zero-order valence-electron chi connectivity index (χ0n) is 12.2. The summed E-state index contributed by atoms with van der Waals surface area (Å²) in [6, 6.07) is 10.2. The van der Waals surface area contributed by atoms with Crippen LogP contribution in [0.4, 0.5) is 4.39 Å². The van der Waals surface area contributed by atoms with Crippen molar-refractivity contribution in [2.45, 2.75) is 26.0 Å². The van der Waals surface area contributed by atoms with E-state index in [0.717, 1.165) is 5.56 Å². The molecule has 4 nitrogen and oxygen atoms in total. The number of rotatable bonds is 6. The highest BCUT2D eigenvalue weighted by Gasteiger charge is 2.07. The van der Waals surface area contributed by atoms with Crippen molar-refractivity contribution in [2.75, 3.05) is 7.11 Å². The number of halogens is 1. The van der Waals surface area contributed by atoms with Crippen molar-refractivity contribution in [2.24, 2.45) is 5.73 Å². The second-order valence-electron chi connectivity index (χ2n) is 4.91. The first-order chi connectivity index (χ1) is 10.1. The number of methoxy groups -OCH3 is 1. The smallest absolute Gasteiger partial charge is 0.213 e. The molecule has 1 aromatic heterocycles. The lowest BCUT2D eigenvalue weighted by atomic mass is 10.1. The molecular formula is C16H19FN2O2. The number of pyridine rings is 1. The number of hydrogen-bond donors (Lipinski definition) is 1. The van der Waals surface area contributed by atoms with E-state index in [1.165, 1.54) is 6.07 Å². The third-order valence-electron chi connectivity index (χ3n) is 2.92. The van der Waals surface area contributed by atoms with Gasteiger partial charge in [0.25, 0.3) is 0 Å². The Morgan fingerprint density at radius 3 is 2.76 bits per heavy atom. The quantitative estimate of drug-likeness (QED) is 0.888. The van der Waals surface area contributed by atoms with Crippen LogP contribution in [0.25, 0.3) is 0 Å². The van der Waals surface area contributed by atoms with Crippen molar-refractivity contribution in [1.82, 2.24) is 4.98 Å². The molecule has 1 aromatic carbocycles. The van der Waals surface area contributed by atoms with E-state index < -0.39 is 5.82 Å². The number of hydrogen-bond acceptors (Lipinski definition) is 4. The summed E-state index contributed by atoms with van der Waals surface area (Å²) in [4.78, 5) is 4.21. The lowest BCUT2D eigenvalue weighted by molar-refractivity contribution is 0.283. The summed E-state index contributed by atoms with van der Waals surface area (Å²) in [7, 11) is 1.55. The highest BCUT2D eigenvalue weighted by molar-refractivity contribution is 5.30. The van der Waals surface area contributed by atoms with E-state index in [2.05, 4.69) is 4.98 Å². The zero-order chi connectivity index (χ0) is 15.2. The molecule has 0 bridgehead atoms. The highest BCUT2D eigenvalue weighted by Crippen LogP contribution is 2.20. The average molecular weight is 290 g/mol. The van der Waals surface area contributed by atoms with Gasteiger partial charge in [-0.25, -0.2) is 9.37 Å². The Labute approximate surface area is 123 Å². The summed E-state index contributed by atoms with van der Waals surface area (Å²) in [6.45, 7) is 2.07. The molecule has 1 unspecified atom stereocenters. The molecule has 0 amide bonds. The molecule has 0 spiro atoms. The van der Waals surface area contributed by atoms with Crippen molar-refractivity contribution < 1.29 is 13.9 Å². The standard InChI is InChI=1S/C16H19FN2O2/c1-11(18)8-12-6-7-15(14(17)9-12)21-10-13-4-3-5-16(19-13)20-2/h3-7,9,11H,8,10,18H2,1-2H3. The maximum absolute atomic E-state index is 13.9. The second-order valence-corrected chi connectivity index (χ2v) is 4.91. The fraction of sp³-hybridized carbons (Fsp3) is 0.312. The molecule has 0 saturated carbocycles. The van der Waals surface area contributed by atoms with E-state index in [1.807, 2.05) is 19.1 Å². The molecule has 0 aliphatic rings. The predicted octanol–water partition coefficient (Wildman–Crippen LogP) is 2.70. The minimum absolute atomic E-state index is 0.00264. The first kappa shape index (κ1) is 15.3. The normalized spacial score (nSPS) is 12.0. The first-order valence-corrected chi connectivity index (χ1v) is 6.75. The molecule has 2 aromatic rings. The van der Waals surface area contributed by atoms with Crippen LogP contribution in [-0.2, 0) is 13.0 Å². The van der Waals surface area contributed by atoms with Crippen LogP contribution in [0.15, 0.2) is 36.4 Å². The summed E-state index contributed by atoms with van der Waals surface area (Å²) < 4.78 is 24.4. The Hall–Kier alpha value is -2.14. The van der Waals surface area contributed by atoms with Gasteiger partial charge in [0.1, 0.15) is 6.61 Å². The van der Waals surface area contributed by atoms with Gasteiger partial charge in [-0.05, 0) is 37.1 Å². The zero-order valence-corrected chi connectivity index (χ0v) is 12.2. The minimum atomic E-state index is -0.393. The van der Waals surface area contributed by atoms with Crippen molar-refractivity contribution in [3.05, 3.63) is 53.5 Å². The highest BCUT2D eigenvalue weighted by atomic mass is 19.1. The topological polar surface area (TPSA) is 57.4 Å². The second kappa shape index (κ2) is 7.04. The molecule has 0 saturated heterocycles. The van der Waals surface area contributed by atoms with Crippen LogP contribution in [-0.4, -0.2) is 18.1 Å². The summed E-state index contributed by atoms with van der Waals surface area (Å²) >= 11 is 0. The van der Waals surface area contributed by atoms with E-state index in [1.54, 1.807) is 25.3 Å². The van der Waals surface area contributed by atoms with Gasteiger partial charge in [0, 0.05) is 12.1 Å². The van der Waals surface area contributed by atoms with E-state index in [9.17, 15) is 4.39 Å². The molecule has 0 fully saturated rings. The molecule has 0 aliphatic heterocycles. The van der Waals surface area contributed by atoms with Gasteiger partial charge >= 0.3 is 0 Å². The Bertz CT molecular complexity index is 603. The van der Waals surface area contributed by atoms with Crippen LogP contribution in [0.2, 0.25) is 0 Å². The van der Waals surface area contributed by atoms with Gasteiger partial charge in [0.05, 0.1) is 12.8 Å². The number of ether oxygens (including phenoxy) is 2. The third-order valence-corrected chi connectivity index (χ3v) is 2.92.